The molecule has 0 saturated carbocycles. The van der Waals surface area contributed by atoms with Crippen molar-refractivity contribution in [3.63, 3.8) is 0 Å². The van der Waals surface area contributed by atoms with Crippen LogP contribution in [0.3, 0.4) is 0 Å². The van der Waals surface area contributed by atoms with Crippen molar-refractivity contribution in [1.82, 2.24) is 4.98 Å². The standard InChI is InChI=1S/C17H21NO2/c1-10-8-12-9-13(17(3,4)5)6-7-14(12)18-15(10)11(2)16(19)20/h6-9,11H,1-5H3,(H,19,20). The summed E-state index contributed by atoms with van der Waals surface area (Å²) in [5.41, 5.74) is 3.78. The number of benzene rings is 1. The molecule has 0 radical (unpaired) electrons. The highest BCUT2D eigenvalue weighted by Crippen LogP contribution is 2.28. The maximum Gasteiger partial charge on any atom is 0.312 e. The molecule has 20 heavy (non-hydrogen) atoms. The van der Waals surface area contributed by atoms with Crippen LogP contribution in [-0.4, -0.2) is 16.1 Å². The molecular weight excluding hydrogens is 250 g/mol. The Morgan fingerprint density at radius 3 is 2.45 bits per heavy atom. The first kappa shape index (κ1) is 14.5. The monoisotopic (exact) mass is 271 g/mol. The van der Waals surface area contributed by atoms with Gasteiger partial charge in [0, 0.05) is 5.39 Å². The number of carboxylic acid groups (broad SMARTS) is 1. The topological polar surface area (TPSA) is 50.2 Å². The molecule has 1 unspecified atom stereocenters. The predicted octanol–water partition coefficient (Wildman–Crippen LogP) is 4.03. The van der Waals surface area contributed by atoms with Crippen molar-refractivity contribution in [1.29, 1.82) is 0 Å². The smallest absolute Gasteiger partial charge is 0.312 e. The third kappa shape index (κ3) is 2.67. The van der Waals surface area contributed by atoms with Crippen LogP contribution in [0.15, 0.2) is 24.3 Å². The Labute approximate surface area is 119 Å². The number of aryl methyl sites for hydroxylation is 1. The number of rotatable bonds is 2. The number of hydrogen-bond donors (Lipinski definition) is 1. The number of nitrogens with zero attached hydrogens (tertiary/aromatic N) is 1. The number of aromatic nitrogens is 1. The number of fused-ring (bicyclic) bond motifs is 1. The average molecular weight is 271 g/mol. The normalized spacial score (nSPS) is 13.4. The highest BCUT2D eigenvalue weighted by atomic mass is 16.4. The molecule has 1 aromatic carbocycles. The Morgan fingerprint density at radius 1 is 1.25 bits per heavy atom. The summed E-state index contributed by atoms with van der Waals surface area (Å²) in [4.78, 5) is 15.7. The van der Waals surface area contributed by atoms with E-state index in [1.165, 1.54) is 5.56 Å². The Bertz CT molecular complexity index is 668. The fourth-order valence-electron chi connectivity index (χ4n) is 2.32. The summed E-state index contributed by atoms with van der Waals surface area (Å²) in [6.45, 7) is 10.1. The molecule has 2 rings (SSSR count). The summed E-state index contributed by atoms with van der Waals surface area (Å²) >= 11 is 0. The second kappa shape index (κ2) is 4.89. The number of aliphatic carboxylic acids is 1. The van der Waals surface area contributed by atoms with Crippen molar-refractivity contribution in [3.8, 4) is 0 Å². The molecule has 3 nitrogen and oxygen atoms in total. The average Bonchev–Trinajstić information content (AvgIpc) is 2.35. The second-order valence-corrected chi connectivity index (χ2v) is 6.41. The molecule has 0 bridgehead atoms. The first-order valence-electron chi connectivity index (χ1n) is 6.85. The summed E-state index contributed by atoms with van der Waals surface area (Å²) in [5.74, 6) is -1.42. The van der Waals surface area contributed by atoms with E-state index < -0.39 is 11.9 Å². The van der Waals surface area contributed by atoms with E-state index >= 15 is 0 Å². The van der Waals surface area contributed by atoms with Gasteiger partial charge in [-0.05, 0) is 48.6 Å². The van der Waals surface area contributed by atoms with Crippen molar-refractivity contribution >= 4 is 16.9 Å². The minimum absolute atomic E-state index is 0.0924. The Kier molecular flexibility index (Phi) is 3.55. The lowest BCUT2D eigenvalue weighted by Crippen LogP contribution is -2.12. The molecule has 0 aliphatic heterocycles. The van der Waals surface area contributed by atoms with Crippen LogP contribution in [0.25, 0.3) is 10.9 Å². The minimum atomic E-state index is -0.841. The van der Waals surface area contributed by atoms with E-state index in [0.29, 0.717) is 5.69 Å². The van der Waals surface area contributed by atoms with Crippen molar-refractivity contribution in [2.45, 2.75) is 46.0 Å². The van der Waals surface area contributed by atoms with Crippen molar-refractivity contribution < 1.29 is 9.90 Å². The fraction of sp³-hybridized carbons (Fsp3) is 0.412. The molecule has 1 N–H and O–H groups in total. The van der Waals surface area contributed by atoms with Crippen LogP contribution in [0.1, 0.15) is 50.4 Å². The number of carboxylic acids is 1. The van der Waals surface area contributed by atoms with Gasteiger partial charge in [-0.2, -0.15) is 0 Å². The van der Waals surface area contributed by atoms with Gasteiger partial charge in [0.2, 0.25) is 0 Å². The fourth-order valence-corrected chi connectivity index (χ4v) is 2.32. The third-order valence-electron chi connectivity index (χ3n) is 3.69. The summed E-state index contributed by atoms with van der Waals surface area (Å²) < 4.78 is 0. The molecule has 0 aliphatic carbocycles. The Hall–Kier alpha value is -1.90. The zero-order valence-corrected chi connectivity index (χ0v) is 12.7. The quantitative estimate of drug-likeness (QED) is 0.897. The van der Waals surface area contributed by atoms with Gasteiger partial charge in [-0.25, -0.2) is 0 Å². The van der Waals surface area contributed by atoms with E-state index in [4.69, 9.17) is 5.11 Å². The molecule has 0 spiro atoms. The van der Waals surface area contributed by atoms with Crippen LogP contribution in [0.2, 0.25) is 0 Å². The molecule has 3 heteroatoms. The van der Waals surface area contributed by atoms with E-state index in [1.54, 1.807) is 6.92 Å². The maximum absolute atomic E-state index is 11.1. The molecule has 0 aliphatic rings. The van der Waals surface area contributed by atoms with E-state index in [1.807, 2.05) is 19.1 Å². The molecular formula is C17H21NO2. The van der Waals surface area contributed by atoms with Gasteiger partial charge in [0.25, 0.3) is 0 Å². The van der Waals surface area contributed by atoms with E-state index in [0.717, 1.165) is 16.5 Å². The third-order valence-corrected chi connectivity index (χ3v) is 3.69. The lowest BCUT2D eigenvalue weighted by molar-refractivity contribution is -0.138. The first-order chi connectivity index (χ1) is 9.20. The largest absolute Gasteiger partial charge is 0.481 e. The molecule has 106 valence electrons. The van der Waals surface area contributed by atoms with Gasteiger partial charge in [0.05, 0.1) is 17.1 Å². The van der Waals surface area contributed by atoms with Gasteiger partial charge in [0.1, 0.15) is 0 Å². The van der Waals surface area contributed by atoms with Crippen molar-refractivity contribution in [2.24, 2.45) is 0 Å². The Balaban J connectivity index is 2.60. The minimum Gasteiger partial charge on any atom is -0.481 e. The van der Waals surface area contributed by atoms with Crippen LogP contribution in [0.5, 0.6) is 0 Å². The van der Waals surface area contributed by atoms with Crippen LogP contribution >= 0.6 is 0 Å². The lowest BCUT2D eigenvalue weighted by Gasteiger charge is -2.20. The molecule has 1 heterocycles. The molecule has 1 aromatic heterocycles. The van der Waals surface area contributed by atoms with Crippen LogP contribution in [0.4, 0.5) is 0 Å². The molecule has 2 aromatic rings. The summed E-state index contributed by atoms with van der Waals surface area (Å²) in [5, 5.41) is 10.2. The SMILES string of the molecule is Cc1cc2cc(C(C)(C)C)ccc2nc1C(C)C(=O)O. The maximum atomic E-state index is 11.1. The number of carbonyl (C=O) groups is 1. The van der Waals surface area contributed by atoms with Gasteiger partial charge in [-0.15, -0.1) is 0 Å². The van der Waals surface area contributed by atoms with Crippen molar-refractivity contribution in [3.05, 3.63) is 41.1 Å². The number of pyridine rings is 1. The van der Waals surface area contributed by atoms with Gasteiger partial charge in [-0.3, -0.25) is 9.78 Å². The second-order valence-electron chi connectivity index (χ2n) is 6.41. The Morgan fingerprint density at radius 2 is 1.90 bits per heavy atom. The summed E-state index contributed by atoms with van der Waals surface area (Å²) in [6.07, 6.45) is 0. The molecule has 1 atom stereocenters. The molecule has 0 fully saturated rings. The highest BCUT2D eigenvalue weighted by molar-refractivity contribution is 5.82. The van der Waals surface area contributed by atoms with Gasteiger partial charge >= 0.3 is 5.97 Å². The van der Waals surface area contributed by atoms with Gasteiger partial charge in [-0.1, -0.05) is 26.8 Å². The van der Waals surface area contributed by atoms with E-state index in [2.05, 4.69) is 37.9 Å². The highest BCUT2D eigenvalue weighted by Gasteiger charge is 2.19. The molecule has 0 amide bonds. The van der Waals surface area contributed by atoms with Gasteiger partial charge < -0.3 is 5.11 Å². The van der Waals surface area contributed by atoms with E-state index in [9.17, 15) is 4.79 Å². The van der Waals surface area contributed by atoms with Crippen LogP contribution in [0, 0.1) is 6.92 Å². The molecule has 0 saturated heterocycles. The van der Waals surface area contributed by atoms with E-state index in [-0.39, 0.29) is 5.41 Å². The zero-order valence-electron chi connectivity index (χ0n) is 12.7. The number of hydrogen-bond acceptors (Lipinski definition) is 2. The summed E-state index contributed by atoms with van der Waals surface area (Å²) in [7, 11) is 0. The summed E-state index contributed by atoms with van der Waals surface area (Å²) in [6, 6.07) is 8.23. The van der Waals surface area contributed by atoms with Crippen LogP contribution < -0.4 is 0 Å². The van der Waals surface area contributed by atoms with Crippen molar-refractivity contribution in [2.75, 3.05) is 0 Å². The van der Waals surface area contributed by atoms with Crippen LogP contribution in [-0.2, 0) is 10.2 Å². The first-order valence-corrected chi connectivity index (χ1v) is 6.85. The van der Waals surface area contributed by atoms with Gasteiger partial charge in [0.15, 0.2) is 0 Å². The zero-order chi connectivity index (χ0) is 15.1. The lowest BCUT2D eigenvalue weighted by atomic mass is 9.86. The predicted molar refractivity (Wildman–Crippen MR) is 81.2 cm³/mol.